The van der Waals surface area contributed by atoms with E-state index in [9.17, 15) is 9.59 Å². The van der Waals surface area contributed by atoms with Crippen LogP contribution >= 0.6 is 0 Å². The first-order chi connectivity index (χ1) is 9.02. The molecule has 19 heavy (non-hydrogen) atoms. The molecule has 5 nitrogen and oxygen atoms in total. The first-order valence-corrected chi connectivity index (χ1v) is 6.47. The number of carbonyl (C=O) groups is 2. The Morgan fingerprint density at radius 2 is 2.05 bits per heavy atom. The summed E-state index contributed by atoms with van der Waals surface area (Å²) in [5.41, 5.74) is 13.0. The highest BCUT2D eigenvalue weighted by Gasteiger charge is 2.32. The van der Waals surface area contributed by atoms with Crippen LogP contribution in [0.5, 0.6) is 0 Å². The number of nitrogen functional groups attached to an aromatic ring is 1. The molecule has 0 saturated carbocycles. The van der Waals surface area contributed by atoms with E-state index in [2.05, 4.69) is 0 Å². The molecule has 0 aromatic heterocycles. The molecule has 4 N–H and O–H groups in total. The van der Waals surface area contributed by atoms with E-state index < -0.39 is 11.9 Å². The predicted molar refractivity (Wildman–Crippen MR) is 73.5 cm³/mol. The minimum absolute atomic E-state index is 0.195. The smallest absolute Gasteiger partial charge is 0.256 e. The van der Waals surface area contributed by atoms with E-state index in [4.69, 9.17) is 11.5 Å². The quantitative estimate of drug-likeness (QED) is 0.780. The Bertz CT molecular complexity index is 493. The molecule has 1 aromatic carbocycles. The van der Waals surface area contributed by atoms with Gasteiger partial charge in [0.25, 0.3) is 5.91 Å². The van der Waals surface area contributed by atoms with Crippen molar-refractivity contribution in [2.75, 3.05) is 12.3 Å². The zero-order valence-corrected chi connectivity index (χ0v) is 11.1. The molecule has 0 radical (unpaired) electrons. The van der Waals surface area contributed by atoms with Gasteiger partial charge in [-0.2, -0.15) is 0 Å². The number of carbonyl (C=O) groups excluding carboxylic acids is 2. The third-order valence-corrected chi connectivity index (χ3v) is 3.61. The molecule has 1 aliphatic rings. The van der Waals surface area contributed by atoms with Crippen molar-refractivity contribution < 1.29 is 9.59 Å². The first kappa shape index (κ1) is 13.4. The Labute approximate surface area is 112 Å². The van der Waals surface area contributed by atoms with E-state index in [1.165, 1.54) is 0 Å². The second kappa shape index (κ2) is 5.30. The Morgan fingerprint density at radius 3 is 2.68 bits per heavy atom. The number of primary amides is 1. The Kier molecular flexibility index (Phi) is 3.74. The van der Waals surface area contributed by atoms with E-state index in [1.807, 2.05) is 19.1 Å². The zero-order valence-electron chi connectivity index (χ0n) is 11.1. The molecular weight excluding hydrogens is 242 g/mol. The van der Waals surface area contributed by atoms with Crippen LogP contribution in [0.1, 0.15) is 35.2 Å². The highest BCUT2D eigenvalue weighted by atomic mass is 16.2. The first-order valence-electron chi connectivity index (χ1n) is 6.47. The van der Waals surface area contributed by atoms with Crippen LogP contribution in [0, 0.1) is 6.92 Å². The fourth-order valence-corrected chi connectivity index (χ4v) is 2.60. The van der Waals surface area contributed by atoms with Crippen LogP contribution in [0.4, 0.5) is 5.69 Å². The molecule has 0 aliphatic carbocycles. The van der Waals surface area contributed by atoms with E-state index in [1.54, 1.807) is 11.0 Å². The molecule has 2 rings (SSSR count). The van der Waals surface area contributed by atoms with Gasteiger partial charge in [-0.15, -0.1) is 0 Å². The molecular formula is C14H19N3O2. The monoisotopic (exact) mass is 261 g/mol. The van der Waals surface area contributed by atoms with Gasteiger partial charge in [-0.25, -0.2) is 0 Å². The maximum absolute atomic E-state index is 12.6. The number of hydrogen-bond donors (Lipinski definition) is 2. The molecule has 1 atom stereocenters. The average molecular weight is 261 g/mol. The van der Waals surface area contributed by atoms with Gasteiger partial charge in [-0.3, -0.25) is 9.59 Å². The lowest BCUT2D eigenvalue weighted by atomic mass is 9.98. The third-order valence-electron chi connectivity index (χ3n) is 3.61. The van der Waals surface area contributed by atoms with Crippen molar-refractivity contribution in [2.45, 2.75) is 32.2 Å². The van der Waals surface area contributed by atoms with Crippen molar-refractivity contribution >= 4 is 17.5 Å². The molecule has 1 unspecified atom stereocenters. The van der Waals surface area contributed by atoms with Gasteiger partial charge >= 0.3 is 0 Å². The minimum atomic E-state index is -0.514. The van der Waals surface area contributed by atoms with Gasteiger partial charge in [-0.05, 0) is 37.8 Å². The number of piperidine rings is 1. The van der Waals surface area contributed by atoms with Gasteiger partial charge in [-0.1, -0.05) is 12.1 Å². The fraction of sp³-hybridized carbons (Fsp3) is 0.429. The van der Waals surface area contributed by atoms with Crippen molar-refractivity contribution in [3.05, 3.63) is 29.3 Å². The number of nitrogens with zero attached hydrogens (tertiary/aromatic N) is 1. The van der Waals surface area contributed by atoms with Crippen LogP contribution in [0.25, 0.3) is 0 Å². The van der Waals surface area contributed by atoms with E-state index in [-0.39, 0.29) is 5.91 Å². The van der Waals surface area contributed by atoms with Gasteiger partial charge < -0.3 is 16.4 Å². The predicted octanol–water partition coefficient (Wildman–Crippen LogP) is 1.06. The van der Waals surface area contributed by atoms with Crippen molar-refractivity contribution in [1.29, 1.82) is 0 Å². The molecule has 0 bridgehead atoms. The maximum atomic E-state index is 12.6. The number of likely N-dealkylation sites (tertiary alicyclic amines) is 1. The van der Waals surface area contributed by atoms with Crippen molar-refractivity contribution in [3.8, 4) is 0 Å². The summed E-state index contributed by atoms with van der Waals surface area (Å²) in [7, 11) is 0. The minimum Gasteiger partial charge on any atom is -0.398 e. The molecule has 1 aliphatic heterocycles. The zero-order chi connectivity index (χ0) is 14.0. The molecule has 1 saturated heterocycles. The van der Waals surface area contributed by atoms with Crippen LogP contribution in [-0.2, 0) is 4.79 Å². The highest BCUT2D eigenvalue weighted by molar-refractivity contribution is 6.02. The highest BCUT2D eigenvalue weighted by Crippen LogP contribution is 2.24. The number of hydrogen-bond acceptors (Lipinski definition) is 3. The van der Waals surface area contributed by atoms with Gasteiger partial charge in [0, 0.05) is 12.2 Å². The Balaban J connectivity index is 2.34. The van der Waals surface area contributed by atoms with Gasteiger partial charge in [0.2, 0.25) is 5.91 Å². The lowest BCUT2D eigenvalue weighted by Gasteiger charge is -2.34. The maximum Gasteiger partial charge on any atom is 0.256 e. The summed E-state index contributed by atoms with van der Waals surface area (Å²) in [6, 6.07) is 4.83. The average Bonchev–Trinajstić information content (AvgIpc) is 2.38. The van der Waals surface area contributed by atoms with Crippen LogP contribution < -0.4 is 11.5 Å². The Hall–Kier alpha value is -2.04. The second-order valence-electron chi connectivity index (χ2n) is 4.95. The Morgan fingerprint density at radius 1 is 1.32 bits per heavy atom. The number of amides is 2. The van der Waals surface area contributed by atoms with E-state index in [0.29, 0.717) is 24.2 Å². The summed E-state index contributed by atoms with van der Waals surface area (Å²) >= 11 is 0. The summed E-state index contributed by atoms with van der Waals surface area (Å²) in [6.07, 6.45) is 2.44. The summed E-state index contributed by atoms with van der Waals surface area (Å²) in [5.74, 6) is -0.640. The van der Waals surface area contributed by atoms with Crippen LogP contribution in [0.3, 0.4) is 0 Å². The lowest BCUT2D eigenvalue weighted by Crippen LogP contribution is -2.50. The molecule has 5 heteroatoms. The van der Waals surface area contributed by atoms with E-state index >= 15 is 0 Å². The number of rotatable bonds is 2. The molecule has 0 spiro atoms. The number of benzene rings is 1. The molecule has 2 amide bonds. The van der Waals surface area contributed by atoms with Crippen molar-refractivity contribution in [1.82, 2.24) is 4.90 Å². The SMILES string of the molecule is Cc1cccc(N)c1C(=O)N1CCCCC1C(N)=O. The van der Waals surface area contributed by atoms with Crippen LogP contribution in [0.15, 0.2) is 18.2 Å². The van der Waals surface area contributed by atoms with Gasteiger partial charge in [0.1, 0.15) is 6.04 Å². The molecule has 102 valence electrons. The standard InChI is InChI=1S/C14H19N3O2/c1-9-5-4-6-10(15)12(9)14(19)17-8-3-2-7-11(17)13(16)18/h4-6,11H,2-3,7-8,15H2,1H3,(H2,16,18). The second-order valence-corrected chi connectivity index (χ2v) is 4.95. The summed E-state index contributed by atoms with van der Waals surface area (Å²) < 4.78 is 0. The van der Waals surface area contributed by atoms with Crippen molar-refractivity contribution in [3.63, 3.8) is 0 Å². The van der Waals surface area contributed by atoms with Gasteiger partial charge in [0.05, 0.1) is 5.56 Å². The molecule has 1 aromatic rings. The number of anilines is 1. The van der Waals surface area contributed by atoms with Crippen molar-refractivity contribution in [2.24, 2.45) is 5.73 Å². The lowest BCUT2D eigenvalue weighted by molar-refractivity contribution is -0.123. The normalized spacial score (nSPS) is 19.2. The molecule has 1 fully saturated rings. The summed E-state index contributed by atoms with van der Waals surface area (Å²) in [6.45, 7) is 2.40. The van der Waals surface area contributed by atoms with E-state index in [0.717, 1.165) is 18.4 Å². The van der Waals surface area contributed by atoms with Crippen LogP contribution in [0.2, 0.25) is 0 Å². The van der Waals surface area contributed by atoms with Gasteiger partial charge in [0.15, 0.2) is 0 Å². The fourth-order valence-electron chi connectivity index (χ4n) is 2.60. The molecule has 1 heterocycles. The third kappa shape index (κ3) is 2.54. The largest absolute Gasteiger partial charge is 0.398 e. The van der Waals surface area contributed by atoms with Crippen LogP contribution in [-0.4, -0.2) is 29.3 Å². The summed E-state index contributed by atoms with van der Waals surface area (Å²) in [5, 5.41) is 0. The number of nitrogens with two attached hydrogens (primary N) is 2. The number of aryl methyl sites for hydroxylation is 1. The summed E-state index contributed by atoms with van der Waals surface area (Å²) in [4.78, 5) is 25.6. The topological polar surface area (TPSA) is 89.4 Å².